The first-order valence-electron chi connectivity index (χ1n) is 6.20. The third-order valence-corrected chi connectivity index (χ3v) is 3.19. The Labute approximate surface area is 129 Å². The van der Waals surface area contributed by atoms with Crippen molar-refractivity contribution < 1.29 is 9.47 Å². The molecule has 0 aliphatic rings. The van der Waals surface area contributed by atoms with Crippen molar-refractivity contribution in [2.75, 3.05) is 7.11 Å². The van der Waals surface area contributed by atoms with Crippen LogP contribution in [0.1, 0.15) is 26.2 Å². The molecule has 0 saturated heterocycles. The van der Waals surface area contributed by atoms with Gasteiger partial charge in [-0.15, -0.1) is 0 Å². The zero-order valence-electron chi connectivity index (χ0n) is 11.5. The summed E-state index contributed by atoms with van der Waals surface area (Å²) in [4.78, 5) is 0. The first kappa shape index (κ1) is 16.8. The maximum atomic E-state index is 7.47. The van der Waals surface area contributed by atoms with Gasteiger partial charge in [-0.3, -0.25) is 0 Å². The molecule has 0 radical (unpaired) electrons. The fourth-order valence-electron chi connectivity index (χ4n) is 1.74. The lowest BCUT2D eigenvalue weighted by Crippen LogP contribution is -2.18. The van der Waals surface area contributed by atoms with Crippen LogP contribution in [-0.4, -0.2) is 25.1 Å². The molecule has 0 aliphatic heterocycles. The lowest BCUT2D eigenvalue weighted by molar-refractivity contribution is 0.194. The molecule has 0 bridgehead atoms. The van der Waals surface area contributed by atoms with Crippen LogP contribution >= 0.6 is 23.2 Å². The second kappa shape index (κ2) is 8.12. The van der Waals surface area contributed by atoms with Gasteiger partial charge in [-0.2, -0.15) is 0 Å². The highest BCUT2D eigenvalue weighted by Gasteiger charge is 2.16. The van der Waals surface area contributed by atoms with Crippen molar-refractivity contribution in [2.45, 2.75) is 32.3 Å². The number of rotatable bonds is 8. The van der Waals surface area contributed by atoms with Crippen LogP contribution in [0.5, 0.6) is 11.5 Å². The standard InChI is InChI=1S/C14H18Cl2N2O2/c1-9(18)3-4-11(5-6-17)20-13-8-10(15)7-12(16)14(13)19-2/h6-8,11,17-18H,3-5H2,1-2H3. The molecular weight excluding hydrogens is 299 g/mol. The number of hydrogen-bond donors (Lipinski definition) is 2. The maximum absolute atomic E-state index is 7.47. The maximum Gasteiger partial charge on any atom is 0.179 e. The van der Waals surface area contributed by atoms with Crippen molar-refractivity contribution in [1.82, 2.24) is 0 Å². The Bertz CT molecular complexity index is 492. The average Bonchev–Trinajstić information content (AvgIpc) is 2.35. The number of hydrogen-bond acceptors (Lipinski definition) is 4. The fourth-order valence-corrected chi connectivity index (χ4v) is 2.29. The first-order chi connectivity index (χ1) is 9.47. The van der Waals surface area contributed by atoms with Gasteiger partial charge in [0.25, 0.3) is 0 Å². The molecule has 0 aromatic heterocycles. The van der Waals surface area contributed by atoms with E-state index in [0.717, 1.165) is 0 Å². The molecule has 0 spiro atoms. The number of methoxy groups -OCH3 is 1. The van der Waals surface area contributed by atoms with Gasteiger partial charge in [0, 0.05) is 23.2 Å². The van der Waals surface area contributed by atoms with Crippen molar-refractivity contribution in [2.24, 2.45) is 0 Å². The van der Waals surface area contributed by atoms with E-state index in [4.69, 9.17) is 43.5 Å². The number of nitrogens with one attached hydrogen (secondary N) is 2. The predicted octanol–water partition coefficient (Wildman–Crippen LogP) is 4.61. The molecule has 6 heteroatoms. The summed E-state index contributed by atoms with van der Waals surface area (Å²) in [5, 5.41) is 15.5. The molecule has 0 aliphatic carbocycles. The number of ether oxygens (including phenoxy) is 2. The highest BCUT2D eigenvalue weighted by atomic mass is 35.5. The second-order valence-corrected chi connectivity index (χ2v) is 5.26. The third-order valence-electron chi connectivity index (χ3n) is 2.69. The van der Waals surface area contributed by atoms with Crippen molar-refractivity contribution in [3.8, 4) is 11.5 Å². The second-order valence-electron chi connectivity index (χ2n) is 4.42. The highest BCUT2D eigenvalue weighted by molar-refractivity contribution is 6.35. The number of halogens is 2. The predicted molar refractivity (Wildman–Crippen MR) is 83.5 cm³/mol. The zero-order valence-corrected chi connectivity index (χ0v) is 13.0. The summed E-state index contributed by atoms with van der Waals surface area (Å²) in [6.07, 6.45) is 2.81. The van der Waals surface area contributed by atoms with E-state index in [1.54, 1.807) is 19.1 Å². The minimum absolute atomic E-state index is 0.212. The van der Waals surface area contributed by atoms with Crippen LogP contribution in [-0.2, 0) is 0 Å². The van der Waals surface area contributed by atoms with Gasteiger partial charge in [0.1, 0.15) is 6.10 Å². The molecule has 0 fully saturated rings. The van der Waals surface area contributed by atoms with E-state index < -0.39 is 0 Å². The van der Waals surface area contributed by atoms with Crippen molar-refractivity contribution in [3.05, 3.63) is 22.2 Å². The van der Waals surface area contributed by atoms with E-state index in [2.05, 4.69) is 0 Å². The molecule has 1 aromatic rings. The average molecular weight is 317 g/mol. The largest absolute Gasteiger partial charge is 0.491 e. The van der Waals surface area contributed by atoms with Crippen LogP contribution in [0.25, 0.3) is 0 Å². The highest BCUT2D eigenvalue weighted by Crippen LogP contribution is 2.38. The van der Waals surface area contributed by atoms with E-state index in [0.29, 0.717) is 46.5 Å². The molecule has 1 atom stereocenters. The minimum Gasteiger partial charge on any atom is -0.491 e. The quantitative estimate of drug-likeness (QED) is 0.688. The lowest BCUT2D eigenvalue weighted by Gasteiger charge is -2.20. The van der Waals surface area contributed by atoms with Crippen LogP contribution in [0.2, 0.25) is 10.0 Å². The molecule has 1 aromatic carbocycles. The summed E-state index contributed by atoms with van der Waals surface area (Å²) in [5.74, 6) is 0.886. The Balaban J connectivity index is 2.91. The van der Waals surface area contributed by atoms with Crippen molar-refractivity contribution in [3.63, 3.8) is 0 Å². The topological polar surface area (TPSA) is 66.2 Å². The molecule has 110 valence electrons. The van der Waals surface area contributed by atoms with Crippen LogP contribution in [0, 0.1) is 10.8 Å². The Kier molecular flexibility index (Phi) is 6.82. The molecule has 0 heterocycles. The van der Waals surface area contributed by atoms with E-state index >= 15 is 0 Å². The first-order valence-corrected chi connectivity index (χ1v) is 6.96. The van der Waals surface area contributed by atoms with Crippen LogP contribution in [0.3, 0.4) is 0 Å². The normalized spacial score (nSPS) is 11.8. The summed E-state index contributed by atoms with van der Waals surface area (Å²) < 4.78 is 11.1. The van der Waals surface area contributed by atoms with Gasteiger partial charge in [-0.1, -0.05) is 23.2 Å². The molecular formula is C14H18Cl2N2O2. The van der Waals surface area contributed by atoms with Gasteiger partial charge >= 0.3 is 0 Å². The van der Waals surface area contributed by atoms with Gasteiger partial charge in [-0.25, -0.2) is 0 Å². The number of benzene rings is 1. The smallest absolute Gasteiger partial charge is 0.179 e. The summed E-state index contributed by atoms with van der Waals surface area (Å²) in [7, 11) is 1.51. The summed E-state index contributed by atoms with van der Waals surface area (Å²) in [6.45, 7) is 1.75. The molecule has 0 saturated carbocycles. The van der Waals surface area contributed by atoms with Crippen LogP contribution in [0.4, 0.5) is 0 Å². The van der Waals surface area contributed by atoms with E-state index in [1.807, 2.05) is 0 Å². The van der Waals surface area contributed by atoms with Gasteiger partial charge < -0.3 is 20.3 Å². The van der Waals surface area contributed by atoms with Crippen molar-refractivity contribution >= 4 is 35.1 Å². The Hall–Kier alpha value is -1.26. The van der Waals surface area contributed by atoms with E-state index in [9.17, 15) is 0 Å². The Morgan fingerprint density at radius 3 is 2.65 bits per heavy atom. The molecule has 20 heavy (non-hydrogen) atoms. The van der Waals surface area contributed by atoms with Crippen LogP contribution in [0.15, 0.2) is 12.1 Å². The van der Waals surface area contributed by atoms with Gasteiger partial charge in [0.15, 0.2) is 11.5 Å². The van der Waals surface area contributed by atoms with Crippen LogP contribution < -0.4 is 9.47 Å². The van der Waals surface area contributed by atoms with E-state index in [-0.39, 0.29) is 6.10 Å². The summed E-state index contributed by atoms with van der Waals surface area (Å²) in [5.41, 5.74) is 0.583. The van der Waals surface area contributed by atoms with Gasteiger partial charge in [0.2, 0.25) is 0 Å². The lowest BCUT2D eigenvalue weighted by atomic mass is 10.1. The van der Waals surface area contributed by atoms with E-state index in [1.165, 1.54) is 13.3 Å². The monoisotopic (exact) mass is 316 g/mol. The molecule has 0 amide bonds. The molecule has 1 rings (SSSR count). The summed E-state index contributed by atoms with van der Waals surface area (Å²) in [6, 6.07) is 3.22. The Morgan fingerprint density at radius 2 is 2.10 bits per heavy atom. The molecule has 4 nitrogen and oxygen atoms in total. The SMILES string of the molecule is COc1c(Cl)cc(Cl)cc1OC(CC=N)CCC(C)=N. The zero-order chi connectivity index (χ0) is 15.1. The van der Waals surface area contributed by atoms with Crippen molar-refractivity contribution in [1.29, 1.82) is 10.8 Å². The van der Waals surface area contributed by atoms with Gasteiger partial charge in [-0.05, 0) is 32.0 Å². The molecule has 2 N–H and O–H groups in total. The van der Waals surface area contributed by atoms with Gasteiger partial charge in [0.05, 0.1) is 12.1 Å². The molecule has 1 unspecified atom stereocenters. The third kappa shape index (κ3) is 5.02. The minimum atomic E-state index is -0.212. The fraction of sp³-hybridized carbons (Fsp3) is 0.429. The Morgan fingerprint density at radius 1 is 1.40 bits per heavy atom. The summed E-state index contributed by atoms with van der Waals surface area (Å²) >= 11 is 12.0.